The van der Waals surface area contributed by atoms with E-state index in [1.807, 2.05) is 42.5 Å². The molecule has 0 unspecified atom stereocenters. The average Bonchev–Trinajstić information content (AvgIpc) is 2.69. The maximum absolute atomic E-state index is 6.22. The summed E-state index contributed by atoms with van der Waals surface area (Å²) in [5, 5.41) is 2.25. The Kier molecular flexibility index (Phi) is 2.81. The van der Waals surface area contributed by atoms with Gasteiger partial charge in [-0.2, -0.15) is 0 Å². The first-order chi connectivity index (χ1) is 8.65. The summed E-state index contributed by atoms with van der Waals surface area (Å²) < 4.78 is 5.64. The van der Waals surface area contributed by atoms with Gasteiger partial charge in [0.15, 0.2) is 0 Å². The van der Waals surface area contributed by atoms with Crippen molar-refractivity contribution in [3.63, 3.8) is 0 Å². The summed E-state index contributed by atoms with van der Waals surface area (Å²) in [4.78, 5) is 0. The molecular weight excluding hydrogens is 267 g/mol. The highest BCUT2D eigenvalue weighted by Crippen LogP contribution is 2.36. The highest BCUT2D eigenvalue weighted by Gasteiger charge is 2.12. The second-order valence-corrected chi connectivity index (χ2v) is 4.91. The van der Waals surface area contributed by atoms with Crippen LogP contribution in [0.3, 0.4) is 0 Å². The summed E-state index contributed by atoms with van der Waals surface area (Å²) >= 11 is 12.3. The van der Waals surface area contributed by atoms with Crippen LogP contribution in [0, 0.1) is 6.92 Å². The molecule has 0 bridgehead atoms. The molecule has 1 radical (unpaired) electrons. The van der Waals surface area contributed by atoms with E-state index in [9.17, 15) is 0 Å². The number of halogens is 2. The maximum atomic E-state index is 6.22. The Bertz CT molecular complexity index is 728. The van der Waals surface area contributed by atoms with E-state index >= 15 is 0 Å². The van der Waals surface area contributed by atoms with Crippen LogP contribution in [0.15, 0.2) is 46.9 Å². The SMILES string of the molecule is [CH2]c1cc2cc(Cl)cc(-c3ccccc3Cl)c2o1. The predicted octanol–water partition coefficient (Wildman–Crippen LogP) is 5.59. The van der Waals surface area contributed by atoms with E-state index in [0.29, 0.717) is 15.8 Å². The Labute approximate surface area is 115 Å². The van der Waals surface area contributed by atoms with Crippen molar-refractivity contribution in [2.75, 3.05) is 0 Å². The highest BCUT2D eigenvalue weighted by molar-refractivity contribution is 6.34. The summed E-state index contributed by atoms with van der Waals surface area (Å²) in [7, 11) is 0. The molecule has 0 saturated heterocycles. The van der Waals surface area contributed by atoms with Crippen molar-refractivity contribution in [2.24, 2.45) is 0 Å². The van der Waals surface area contributed by atoms with Crippen LogP contribution < -0.4 is 0 Å². The molecule has 0 aliphatic carbocycles. The van der Waals surface area contributed by atoms with Crippen molar-refractivity contribution in [3.05, 3.63) is 65.2 Å². The number of furan rings is 1. The highest BCUT2D eigenvalue weighted by atomic mass is 35.5. The standard InChI is InChI=1S/C15H9Cl2O/c1-9-6-10-7-11(16)8-13(15(10)18-9)12-4-2-3-5-14(12)17/h2-8H,1H2. The lowest BCUT2D eigenvalue weighted by molar-refractivity contribution is 0.596. The molecule has 0 aliphatic rings. The van der Waals surface area contributed by atoms with Gasteiger partial charge in [-0.15, -0.1) is 0 Å². The molecule has 18 heavy (non-hydrogen) atoms. The molecule has 89 valence electrons. The molecule has 0 N–H and O–H groups in total. The van der Waals surface area contributed by atoms with Crippen LogP contribution >= 0.6 is 23.2 Å². The van der Waals surface area contributed by atoms with Crippen LogP contribution in [0.25, 0.3) is 22.1 Å². The van der Waals surface area contributed by atoms with Crippen molar-refractivity contribution < 1.29 is 4.42 Å². The lowest BCUT2D eigenvalue weighted by Crippen LogP contribution is -1.81. The lowest BCUT2D eigenvalue weighted by Gasteiger charge is -2.05. The van der Waals surface area contributed by atoms with Gasteiger partial charge in [-0.3, -0.25) is 0 Å². The molecule has 3 rings (SSSR count). The molecule has 0 saturated carbocycles. The number of benzene rings is 2. The Morgan fingerprint density at radius 2 is 1.72 bits per heavy atom. The molecule has 2 aromatic carbocycles. The fourth-order valence-corrected chi connectivity index (χ4v) is 2.51. The summed E-state index contributed by atoms with van der Waals surface area (Å²) in [6, 6.07) is 13.2. The van der Waals surface area contributed by atoms with Crippen LogP contribution in [0.4, 0.5) is 0 Å². The van der Waals surface area contributed by atoms with Gasteiger partial charge in [-0.05, 0) is 24.3 Å². The summed E-state index contributed by atoms with van der Waals surface area (Å²) in [5.74, 6) is 0.612. The number of hydrogen-bond donors (Lipinski definition) is 0. The molecule has 0 fully saturated rings. The predicted molar refractivity (Wildman–Crippen MR) is 76.1 cm³/mol. The summed E-state index contributed by atoms with van der Waals surface area (Å²) in [6.07, 6.45) is 0. The second kappa shape index (κ2) is 4.34. The Hall–Kier alpha value is -1.44. The van der Waals surface area contributed by atoms with E-state index in [4.69, 9.17) is 27.6 Å². The monoisotopic (exact) mass is 275 g/mol. The van der Waals surface area contributed by atoms with E-state index in [1.165, 1.54) is 0 Å². The number of fused-ring (bicyclic) bond motifs is 1. The first kappa shape index (κ1) is 11.6. The van der Waals surface area contributed by atoms with Gasteiger partial charge in [-0.1, -0.05) is 41.4 Å². The van der Waals surface area contributed by atoms with Gasteiger partial charge in [0.2, 0.25) is 0 Å². The minimum absolute atomic E-state index is 0.612. The lowest BCUT2D eigenvalue weighted by atomic mass is 10.0. The molecular formula is C15H9Cl2O. The van der Waals surface area contributed by atoms with Crippen LogP contribution in [0.2, 0.25) is 10.0 Å². The molecule has 1 nitrogen and oxygen atoms in total. The molecule has 3 aromatic rings. The Morgan fingerprint density at radius 3 is 2.50 bits per heavy atom. The first-order valence-electron chi connectivity index (χ1n) is 5.45. The topological polar surface area (TPSA) is 13.1 Å². The smallest absolute Gasteiger partial charge is 0.142 e. The largest absolute Gasteiger partial charge is 0.460 e. The van der Waals surface area contributed by atoms with Crippen LogP contribution in [0.5, 0.6) is 0 Å². The molecule has 0 atom stereocenters. The minimum Gasteiger partial charge on any atom is -0.460 e. The molecule has 1 heterocycles. The normalized spacial score (nSPS) is 11.1. The molecule has 0 spiro atoms. The van der Waals surface area contributed by atoms with Crippen molar-refractivity contribution in [3.8, 4) is 11.1 Å². The molecule has 3 heteroatoms. The summed E-state index contributed by atoms with van der Waals surface area (Å²) in [6.45, 7) is 3.80. The van der Waals surface area contributed by atoms with Crippen molar-refractivity contribution in [2.45, 2.75) is 0 Å². The Balaban J connectivity index is 2.38. The zero-order chi connectivity index (χ0) is 12.7. The van der Waals surface area contributed by atoms with Crippen molar-refractivity contribution >= 4 is 34.2 Å². The van der Waals surface area contributed by atoms with Crippen LogP contribution in [-0.2, 0) is 0 Å². The number of rotatable bonds is 1. The zero-order valence-corrected chi connectivity index (χ0v) is 10.9. The van der Waals surface area contributed by atoms with Gasteiger partial charge in [0.25, 0.3) is 0 Å². The van der Waals surface area contributed by atoms with Gasteiger partial charge in [-0.25, -0.2) is 0 Å². The third-order valence-corrected chi connectivity index (χ3v) is 3.34. The molecule has 1 aromatic heterocycles. The summed E-state index contributed by atoms with van der Waals surface area (Å²) in [5.41, 5.74) is 2.55. The third kappa shape index (κ3) is 1.90. The van der Waals surface area contributed by atoms with E-state index < -0.39 is 0 Å². The first-order valence-corrected chi connectivity index (χ1v) is 6.21. The Morgan fingerprint density at radius 1 is 0.944 bits per heavy atom. The quantitative estimate of drug-likeness (QED) is 0.564. The second-order valence-electron chi connectivity index (χ2n) is 4.06. The maximum Gasteiger partial charge on any atom is 0.142 e. The molecule has 0 aliphatic heterocycles. The minimum atomic E-state index is 0.612. The van der Waals surface area contributed by atoms with Gasteiger partial charge in [0.1, 0.15) is 11.3 Å². The van der Waals surface area contributed by atoms with Gasteiger partial charge >= 0.3 is 0 Å². The van der Waals surface area contributed by atoms with E-state index in [1.54, 1.807) is 0 Å². The fourth-order valence-electron chi connectivity index (χ4n) is 2.05. The van der Waals surface area contributed by atoms with Crippen LogP contribution in [-0.4, -0.2) is 0 Å². The van der Waals surface area contributed by atoms with Crippen LogP contribution in [0.1, 0.15) is 5.76 Å². The van der Waals surface area contributed by atoms with E-state index in [2.05, 4.69) is 6.92 Å². The average molecular weight is 276 g/mol. The van der Waals surface area contributed by atoms with Gasteiger partial charge < -0.3 is 4.42 Å². The molecule has 0 amide bonds. The van der Waals surface area contributed by atoms with Crippen molar-refractivity contribution in [1.82, 2.24) is 0 Å². The third-order valence-electron chi connectivity index (χ3n) is 2.80. The van der Waals surface area contributed by atoms with E-state index in [-0.39, 0.29) is 0 Å². The van der Waals surface area contributed by atoms with Crippen molar-refractivity contribution in [1.29, 1.82) is 0 Å². The van der Waals surface area contributed by atoms with Gasteiger partial charge in [0, 0.05) is 33.5 Å². The van der Waals surface area contributed by atoms with E-state index in [0.717, 1.165) is 22.1 Å². The number of hydrogen-bond acceptors (Lipinski definition) is 1. The zero-order valence-electron chi connectivity index (χ0n) is 9.41. The fraction of sp³-hybridized carbons (Fsp3) is 0. The van der Waals surface area contributed by atoms with Gasteiger partial charge in [0.05, 0.1) is 0 Å².